The van der Waals surface area contributed by atoms with E-state index < -0.39 is 0 Å². The topological polar surface area (TPSA) is 58.2 Å². The molecule has 0 spiro atoms. The maximum absolute atomic E-state index is 11.2. The molecule has 0 radical (unpaired) electrons. The predicted molar refractivity (Wildman–Crippen MR) is 65.9 cm³/mol. The summed E-state index contributed by atoms with van der Waals surface area (Å²) in [5.41, 5.74) is 0. The van der Waals surface area contributed by atoms with E-state index in [0.717, 1.165) is 12.8 Å². The zero-order valence-corrected chi connectivity index (χ0v) is 10.7. The molecule has 0 aliphatic rings. The van der Waals surface area contributed by atoms with Gasteiger partial charge in [0.25, 0.3) is 0 Å². The van der Waals surface area contributed by atoms with Crippen molar-refractivity contribution in [1.82, 2.24) is 10.6 Å². The fourth-order valence-electron chi connectivity index (χ4n) is 0.993. The van der Waals surface area contributed by atoms with E-state index in [9.17, 15) is 9.59 Å². The van der Waals surface area contributed by atoms with Gasteiger partial charge >= 0.3 is 0 Å². The molecular weight excluding hydrogens is 251 g/mol. The fourth-order valence-corrected chi connectivity index (χ4v) is 1.26. The van der Waals surface area contributed by atoms with Gasteiger partial charge in [0.15, 0.2) is 0 Å². The summed E-state index contributed by atoms with van der Waals surface area (Å²) in [5.74, 6) is 0.827. The highest BCUT2D eigenvalue weighted by atomic mass is 35.5. The number of halogens is 2. The van der Waals surface area contributed by atoms with Gasteiger partial charge in [0.1, 0.15) is 0 Å². The van der Waals surface area contributed by atoms with Gasteiger partial charge in [0, 0.05) is 37.7 Å². The number of hydrogen-bond donors (Lipinski definition) is 2. The minimum absolute atomic E-state index is 0.113. The van der Waals surface area contributed by atoms with Gasteiger partial charge in [-0.25, -0.2) is 0 Å². The van der Waals surface area contributed by atoms with Crippen molar-refractivity contribution < 1.29 is 9.59 Å². The monoisotopic (exact) mass is 268 g/mol. The van der Waals surface area contributed by atoms with Crippen molar-refractivity contribution in [3.63, 3.8) is 0 Å². The molecule has 0 aromatic heterocycles. The molecule has 0 saturated carbocycles. The number of carbonyl (C=O) groups excluding carboxylic acids is 2. The van der Waals surface area contributed by atoms with Gasteiger partial charge in [-0.2, -0.15) is 0 Å². The molecule has 0 aliphatic heterocycles. The van der Waals surface area contributed by atoms with Crippen molar-refractivity contribution in [2.45, 2.75) is 25.7 Å². The standard InChI is InChI=1S/C10H18Cl2N2O2/c11-5-1-7-13-9(15)3-4-10(16)14-8-2-6-12/h1-8H2,(H,13,15)(H,14,16). The molecule has 0 heterocycles. The number of amides is 2. The highest BCUT2D eigenvalue weighted by Crippen LogP contribution is 1.91. The molecule has 0 aliphatic carbocycles. The third-order valence-corrected chi connectivity index (χ3v) is 2.38. The molecule has 0 aromatic carbocycles. The van der Waals surface area contributed by atoms with E-state index in [1.807, 2.05) is 0 Å². The molecule has 2 N–H and O–H groups in total. The van der Waals surface area contributed by atoms with Crippen LogP contribution in [-0.4, -0.2) is 36.7 Å². The summed E-state index contributed by atoms with van der Waals surface area (Å²) in [7, 11) is 0. The summed E-state index contributed by atoms with van der Waals surface area (Å²) in [4.78, 5) is 22.4. The molecule has 6 heteroatoms. The first-order valence-electron chi connectivity index (χ1n) is 5.36. The maximum Gasteiger partial charge on any atom is 0.220 e. The summed E-state index contributed by atoms with van der Waals surface area (Å²) < 4.78 is 0. The first kappa shape index (κ1) is 15.5. The largest absolute Gasteiger partial charge is 0.356 e. The van der Waals surface area contributed by atoms with Gasteiger partial charge < -0.3 is 10.6 Å². The van der Waals surface area contributed by atoms with Crippen molar-refractivity contribution in [3.05, 3.63) is 0 Å². The van der Waals surface area contributed by atoms with Crippen molar-refractivity contribution in [3.8, 4) is 0 Å². The van der Waals surface area contributed by atoms with Crippen molar-refractivity contribution in [1.29, 1.82) is 0 Å². The molecule has 0 saturated heterocycles. The van der Waals surface area contributed by atoms with Gasteiger partial charge in [-0.15, -0.1) is 23.2 Å². The van der Waals surface area contributed by atoms with E-state index in [-0.39, 0.29) is 24.7 Å². The SMILES string of the molecule is O=C(CCC(=O)NCCCCl)NCCCCl. The Morgan fingerprint density at radius 1 is 0.812 bits per heavy atom. The minimum Gasteiger partial charge on any atom is -0.356 e. The van der Waals surface area contributed by atoms with Crippen molar-refractivity contribution >= 4 is 35.0 Å². The van der Waals surface area contributed by atoms with E-state index in [1.54, 1.807) is 0 Å². The maximum atomic E-state index is 11.2. The van der Waals surface area contributed by atoms with E-state index in [4.69, 9.17) is 23.2 Å². The van der Waals surface area contributed by atoms with Gasteiger partial charge in [-0.1, -0.05) is 0 Å². The van der Waals surface area contributed by atoms with Crippen LogP contribution in [0, 0.1) is 0 Å². The quantitative estimate of drug-likeness (QED) is 0.489. The molecule has 0 fully saturated rings. The number of nitrogens with one attached hydrogen (secondary N) is 2. The number of hydrogen-bond acceptors (Lipinski definition) is 2. The Hall–Kier alpha value is -0.480. The van der Waals surface area contributed by atoms with Crippen LogP contribution in [0.15, 0.2) is 0 Å². The van der Waals surface area contributed by atoms with Crippen molar-refractivity contribution in [2.75, 3.05) is 24.8 Å². The fraction of sp³-hybridized carbons (Fsp3) is 0.800. The minimum atomic E-state index is -0.113. The Morgan fingerprint density at radius 2 is 1.19 bits per heavy atom. The summed E-state index contributed by atoms with van der Waals surface area (Å²) in [6.45, 7) is 1.13. The molecule has 2 amide bonds. The Morgan fingerprint density at radius 3 is 1.50 bits per heavy atom. The Bertz CT molecular complexity index is 191. The summed E-state index contributed by atoms with van der Waals surface area (Å²) in [6.07, 6.45) is 1.93. The van der Waals surface area contributed by atoms with E-state index in [2.05, 4.69) is 10.6 Å². The second kappa shape index (κ2) is 11.0. The lowest BCUT2D eigenvalue weighted by Gasteiger charge is -2.05. The van der Waals surface area contributed by atoms with Crippen LogP contribution < -0.4 is 10.6 Å². The van der Waals surface area contributed by atoms with Gasteiger partial charge in [-0.3, -0.25) is 9.59 Å². The number of alkyl halides is 2. The van der Waals surface area contributed by atoms with Crippen LogP contribution in [0.4, 0.5) is 0 Å². The van der Waals surface area contributed by atoms with Gasteiger partial charge in [0.2, 0.25) is 11.8 Å². The molecule has 4 nitrogen and oxygen atoms in total. The lowest BCUT2D eigenvalue weighted by Crippen LogP contribution is -2.29. The first-order valence-corrected chi connectivity index (χ1v) is 6.43. The third-order valence-electron chi connectivity index (χ3n) is 1.84. The van der Waals surface area contributed by atoms with E-state index in [1.165, 1.54) is 0 Å². The summed E-state index contributed by atoms with van der Waals surface area (Å²) in [5, 5.41) is 5.36. The highest BCUT2D eigenvalue weighted by molar-refractivity contribution is 6.18. The van der Waals surface area contributed by atoms with Gasteiger partial charge in [-0.05, 0) is 12.8 Å². The highest BCUT2D eigenvalue weighted by Gasteiger charge is 2.05. The number of carbonyl (C=O) groups is 2. The lowest BCUT2D eigenvalue weighted by atomic mass is 10.2. The van der Waals surface area contributed by atoms with Crippen LogP contribution in [0.2, 0.25) is 0 Å². The van der Waals surface area contributed by atoms with Crippen LogP contribution in [0.3, 0.4) is 0 Å². The molecule has 0 rings (SSSR count). The number of rotatable bonds is 9. The van der Waals surface area contributed by atoms with Crippen LogP contribution >= 0.6 is 23.2 Å². The Kier molecular flexibility index (Phi) is 10.7. The van der Waals surface area contributed by atoms with Gasteiger partial charge in [0.05, 0.1) is 0 Å². The Labute approximate surface area is 106 Å². The zero-order valence-electron chi connectivity index (χ0n) is 9.23. The first-order chi connectivity index (χ1) is 7.70. The lowest BCUT2D eigenvalue weighted by molar-refractivity contribution is -0.126. The normalized spacial score (nSPS) is 9.88. The molecule has 0 bridgehead atoms. The molecule has 16 heavy (non-hydrogen) atoms. The van der Waals surface area contributed by atoms with E-state index >= 15 is 0 Å². The van der Waals surface area contributed by atoms with Crippen LogP contribution in [0.25, 0.3) is 0 Å². The average molecular weight is 269 g/mol. The Balaban J connectivity index is 3.40. The molecule has 0 atom stereocenters. The van der Waals surface area contributed by atoms with Crippen LogP contribution in [-0.2, 0) is 9.59 Å². The molecule has 0 aromatic rings. The second-order valence-corrected chi connectivity index (χ2v) is 4.04. The predicted octanol–water partition coefficient (Wildman–Crippen LogP) is 1.26. The second-order valence-electron chi connectivity index (χ2n) is 3.28. The van der Waals surface area contributed by atoms with Crippen LogP contribution in [0.1, 0.15) is 25.7 Å². The molecule has 0 unspecified atom stereocenters. The average Bonchev–Trinajstić information content (AvgIpc) is 2.27. The third kappa shape index (κ3) is 10.1. The van der Waals surface area contributed by atoms with Crippen molar-refractivity contribution in [2.24, 2.45) is 0 Å². The zero-order chi connectivity index (χ0) is 12.2. The summed E-state index contributed by atoms with van der Waals surface area (Å²) >= 11 is 10.9. The van der Waals surface area contributed by atoms with E-state index in [0.29, 0.717) is 24.8 Å². The summed E-state index contributed by atoms with van der Waals surface area (Å²) in [6, 6.07) is 0. The smallest absolute Gasteiger partial charge is 0.220 e. The molecule has 94 valence electrons. The molecular formula is C10H18Cl2N2O2. The van der Waals surface area contributed by atoms with Crippen LogP contribution in [0.5, 0.6) is 0 Å².